The van der Waals surface area contributed by atoms with Gasteiger partial charge in [0.2, 0.25) is 0 Å². The second-order valence-corrected chi connectivity index (χ2v) is 5.07. The summed E-state index contributed by atoms with van der Waals surface area (Å²) in [5.74, 6) is 0.775. The number of benzene rings is 1. The second-order valence-electron chi connectivity index (χ2n) is 2.91. The highest BCUT2D eigenvalue weighted by atomic mass is 127. The highest BCUT2D eigenvalue weighted by Gasteiger charge is 2.14. The van der Waals surface area contributed by atoms with Crippen LogP contribution in [0.2, 0.25) is 0 Å². The Morgan fingerprint density at radius 1 is 1.53 bits per heavy atom. The quantitative estimate of drug-likeness (QED) is 0.818. The van der Waals surface area contributed by atoms with Crippen LogP contribution in [-0.4, -0.2) is 7.11 Å². The summed E-state index contributed by atoms with van der Waals surface area (Å²) in [4.78, 5) is 0. The van der Waals surface area contributed by atoms with Gasteiger partial charge in [-0.3, -0.25) is 0 Å². The molecular weight excluding hydrogens is 323 g/mol. The minimum Gasteiger partial charge on any atom is -0.496 e. The standard InChI is InChI=1S/C10H7IN2OS/c1-14-6-2-3-7-8(9(6)11)5(4-12)10(13)15-7/h2-3H,13H2,1H3. The van der Waals surface area contributed by atoms with Crippen LogP contribution in [0.5, 0.6) is 5.75 Å². The smallest absolute Gasteiger partial charge is 0.132 e. The molecule has 76 valence electrons. The molecular formula is C10H7IN2OS. The lowest BCUT2D eigenvalue weighted by Crippen LogP contribution is -1.88. The largest absolute Gasteiger partial charge is 0.496 e. The van der Waals surface area contributed by atoms with E-state index < -0.39 is 0 Å². The monoisotopic (exact) mass is 330 g/mol. The highest BCUT2D eigenvalue weighted by molar-refractivity contribution is 14.1. The van der Waals surface area contributed by atoms with Crippen molar-refractivity contribution < 1.29 is 4.74 Å². The van der Waals surface area contributed by atoms with Crippen LogP contribution in [0.15, 0.2) is 12.1 Å². The summed E-state index contributed by atoms with van der Waals surface area (Å²) in [6, 6.07) is 5.95. The lowest BCUT2D eigenvalue weighted by molar-refractivity contribution is 0.412. The average Bonchev–Trinajstić information content (AvgIpc) is 2.55. The molecule has 2 N–H and O–H groups in total. The van der Waals surface area contributed by atoms with Crippen molar-refractivity contribution in [2.75, 3.05) is 12.8 Å². The number of nitrogens with zero attached hydrogens (tertiary/aromatic N) is 1. The van der Waals surface area contributed by atoms with Gasteiger partial charge in [-0.2, -0.15) is 5.26 Å². The van der Waals surface area contributed by atoms with Crippen molar-refractivity contribution in [1.82, 2.24) is 0 Å². The number of thiophene rings is 1. The highest BCUT2D eigenvalue weighted by Crippen LogP contribution is 2.39. The molecule has 0 radical (unpaired) electrons. The Morgan fingerprint density at radius 3 is 2.87 bits per heavy atom. The molecule has 0 fully saturated rings. The molecule has 0 aliphatic rings. The molecule has 0 aliphatic carbocycles. The molecule has 2 aromatic rings. The molecule has 0 atom stereocenters. The number of halogens is 1. The topological polar surface area (TPSA) is 59.0 Å². The lowest BCUT2D eigenvalue weighted by Gasteiger charge is -2.03. The number of rotatable bonds is 1. The van der Waals surface area contributed by atoms with E-state index in [1.54, 1.807) is 7.11 Å². The molecule has 1 heterocycles. The first-order valence-electron chi connectivity index (χ1n) is 4.13. The second kappa shape index (κ2) is 3.87. The number of fused-ring (bicyclic) bond motifs is 1. The molecule has 0 unspecified atom stereocenters. The molecule has 5 heteroatoms. The first kappa shape index (κ1) is 10.5. The van der Waals surface area contributed by atoms with Crippen LogP contribution in [0.1, 0.15) is 5.56 Å². The van der Waals surface area contributed by atoms with Gasteiger partial charge in [-0.15, -0.1) is 11.3 Å². The first-order chi connectivity index (χ1) is 7.19. The molecule has 0 saturated carbocycles. The summed E-state index contributed by atoms with van der Waals surface area (Å²) in [5, 5.41) is 10.5. The van der Waals surface area contributed by atoms with E-state index in [0.29, 0.717) is 10.6 Å². The van der Waals surface area contributed by atoms with Gasteiger partial charge in [-0.1, -0.05) is 0 Å². The molecule has 0 aliphatic heterocycles. The number of hydrogen-bond acceptors (Lipinski definition) is 4. The third-order valence-electron chi connectivity index (χ3n) is 2.12. The van der Waals surface area contributed by atoms with Crippen LogP contribution in [0.25, 0.3) is 10.1 Å². The van der Waals surface area contributed by atoms with Gasteiger partial charge in [0.05, 0.1) is 16.2 Å². The molecule has 1 aromatic heterocycles. The number of methoxy groups -OCH3 is 1. The van der Waals surface area contributed by atoms with E-state index in [2.05, 4.69) is 28.7 Å². The first-order valence-corrected chi connectivity index (χ1v) is 6.03. The number of nitrogen functional groups attached to an aromatic ring is 1. The molecule has 1 aromatic carbocycles. The molecule has 0 amide bonds. The average molecular weight is 330 g/mol. The zero-order valence-corrected chi connectivity index (χ0v) is 10.8. The van der Waals surface area contributed by atoms with E-state index in [-0.39, 0.29) is 0 Å². The van der Waals surface area contributed by atoms with E-state index in [1.165, 1.54) is 11.3 Å². The van der Waals surface area contributed by atoms with Gasteiger partial charge in [0.1, 0.15) is 16.8 Å². The Bertz CT molecular complexity index is 571. The number of anilines is 1. The van der Waals surface area contributed by atoms with Crippen molar-refractivity contribution in [3.8, 4) is 11.8 Å². The van der Waals surface area contributed by atoms with Crippen molar-refractivity contribution in [3.63, 3.8) is 0 Å². The van der Waals surface area contributed by atoms with E-state index >= 15 is 0 Å². The summed E-state index contributed by atoms with van der Waals surface area (Å²) >= 11 is 3.61. The summed E-state index contributed by atoms with van der Waals surface area (Å²) in [7, 11) is 1.62. The lowest BCUT2D eigenvalue weighted by atomic mass is 10.2. The van der Waals surface area contributed by atoms with E-state index in [4.69, 9.17) is 15.7 Å². The van der Waals surface area contributed by atoms with Crippen LogP contribution in [-0.2, 0) is 0 Å². The number of ether oxygens (including phenoxy) is 1. The minimum absolute atomic E-state index is 0.554. The number of hydrogen-bond donors (Lipinski definition) is 1. The third kappa shape index (κ3) is 1.54. The van der Waals surface area contributed by atoms with Gasteiger partial charge in [0.15, 0.2) is 0 Å². The summed E-state index contributed by atoms with van der Waals surface area (Å²) in [6.07, 6.45) is 0. The Morgan fingerprint density at radius 2 is 2.27 bits per heavy atom. The maximum Gasteiger partial charge on any atom is 0.132 e. The van der Waals surface area contributed by atoms with E-state index in [9.17, 15) is 0 Å². The molecule has 3 nitrogen and oxygen atoms in total. The summed E-state index contributed by atoms with van der Waals surface area (Å²) < 4.78 is 7.17. The zero-order chi connectivity index (χ0) is 11.0. The maximum absolute atomic E-state index is 9.03. The maximum atomic E-state index is 9.03. The Kier molecular flexibility index (Phi) is 2.71. The van der Waals surface area contributed by atoms with Crippen LogP contribution < -0.4 is 10.5 Å². The van der Waals surface area contributed by atoms with Gasteiger partial charge in [0.25, 0.3) is 0 Å². The molecule has 0 saturated heterocycles. The summed E-state index contributed by atoms with van der Waals surface area (Å²) in [5.41, 5.74) is 6.33. The molecule has 0 spiro atoms. The molecule has 15 heavy (non-hydrogen) atoms. The normalized spacial score (nSPS) is 10.2. The minimum atomic E-state index is 0.554. The van der Waals surface area contributed by atoms with Gasteiger partial charge in [-0.05, 0) is 34.7 Å². The van der Waals surface area contributed by atoms with Crippen LogP contribution >= 0.6 is 33.9 Å². The number of nitriles is 1. The van der Waals surface area contributed by atoms with Gasteiger partial charge in [-0.25, -0.2) is 0 Å². The molecule has 2 rings (SSSR count). The van der Waals surface area contributed by atoms with Crippen molar-refractivity contribution in [2.45, 2.75) is 0 Å². The molecule has 0 bridgehead atoms. The van der Waals surface area contributed by atoms with Crippen molar-refractivity contribution in [1.29, 1.82) is 5.26 Å². The van der Waals surface area contributed by atoms with Gasteiger partial charge < -0.3 is 10.5 Å². The Balaban J connectivity index is 2.91. The Hall–Kier alpha value is -1.00. The zero-order valence-electron chi connectivity index (χ0n) is 7.87. The van der Waals surface area contributed by atoms with Crippen LogP contribution in [0, 0.1) is 14.9 Å². The predicted octanol–water partition coefficient (Wildman–Crippen LogP) is 2.97. The van der Waals surface area contributed by atoms with Crippen molar-refractivity contribution in [3.05, 3.63) is 21.3 Å². The van der Waals surface area contributed by atoms with Crippen molar-refractivity contribution >= 4 is 49.0 Å². The fourth-order valence-corrected chi connectivity index (χ4v) is 3.49. The predicted molar refractivity (Wildman–Crippen MR) is 70.2 cm³/mol. The van der Waals surface area contributed by atoms with Gasteiger partial charge >= 0.3 is 0 Å². The fourth-order valence-electron chi connectivity index (χ4n) is 1.42. The summed E-state index contributed by atoms with van der Waals surface area (Å²) in [6.45, 7) is 0. The van der Waals surface area contributed by atoms with E-state index in [1.807, 2.05) is 12.1 Å². The van der Waals surface area contributed by atoms with Gasteiger partial charge in [0, 0.05) is 10.1 Å². The fraction of sp³-hybridized carbons (Fsp3) is 0.100. The number of nitrogens with two attached hydrogens (primary N) is 1. The van der Waals surface area contributed by atoms with Crippen molar-refractivity contribution in [2.24, 2.45) is 0 Å². The SMILES string of the molecule is COc1ccc2sc(N)c(C#N)c2c1I. The third-order valence-corrected chi connectivity index (χ3v) is 4.17. The van der Waals surface area contributed by atoms with Crippen LogP contribution in [0.3, 0.4) is 0 Å². The van der Waals surface area contributed by atoms with Crippen LogP contribution in [0.4, 0.5) is 5.00 Å². The van der Waals surface area contributed by atoms with E-state index in [0.717, 1.165) is 19.4 Å². The Labute approximate surface area is 105 Å².